The summed E-state index contributed by atoms with van der Waals surface area (Å²) >= 11 is 0. The van der Waals surface area contributed by atoms with E-state index in [1.807, 2.05) is 76.5 Å². The Kier molecular flexibility index (Phi) is 4.72. The van der Waals surface area contributed by atoms with Crippen molar-refractivity contribution in [3.63, 3.8) is 0 Å². The van der Waals surface area contributed by atoms with E-state index >= 15 is 0 Å². The SMILES string of the molecule is CCOC(=O)c1cc2c(n1C)CN(c1nccc(Nn3c4ccc(cc4)n4cc3cn4)n1)CC2. The lowest BCUT2D eigenvalue weighted by Gasteiger charge is -2.28. The maximum atomic E-state index is 12.3. The summed E-state index contributed by atoms with van der Waals surface area (Å²) in [5, 5.41) is 4.44. The number of nitrogens with zero attached hydrogens (tertiary/aromatic N) is 7. The fourth-order valence-electron chi connectivity index (χ4n) is 4.50. The van der Waals surface area contributed by atoms with Crippen molar-refractivity contribution in [2.45, 2.75) is 19.9 Å². The van der Waals surface area contributed by atoms with Crippen molar-refractivity contribution >= 4 is 34.3 Å². The minimum absolute atomic E-state index is 0.294. The summed E-state index contributed by atoms with van der Waals surface area (Å²) < 4.78 is 10.9. The first-order valence-corrected chi connectivity index (χ1v) is 11.2. The van der Waals surface area contributed by atoms with E-state index in [4.69, 9.17) is 9.72 Å². The molecule has 6 heterocycles. The van der Waals surface area contributed by atoms with Crippen LogP contribution >= 0.6 is 0 Å². The number of hydrogen-bond acceptors (Lipinski definition) is 7. The number of esters is 1. The number of rotatable bonds is 5. The van der Waals surface area contributed by atoms with Crippen LogP contribution in [0.25, 0.3) is 16.6 Å². The van der Waals surface area contributed by atoms with Gasteiger partial charge >= 0.3 is 5.97 Å². The normalized spacial score (nSPS) is 13.4. The first-order chi connectivity index (χ1) is 16.6. The van der Waals surface area contributed by atoms with Gasteiger partial charge in [0.1, 0.15) is 11.2 Å². The average molecular weight is 457 g/mol. The fraction of sp³-hybridized carbons (Fsp3) is 0.250. The molecule has 0 atom stereocenters. The van der Waals surface area contributed by atoms with Gasteiger partial charge in [0, 0.05) is 31.5 Å². The molecule has 1 aliphatic heterocycles. The van der Waals surface area contributed by atoms with Crippen molar-refractivity contribution in [1.82, 2.24) is 28.8 Å². The van der Waals surface area contributed by atoms with Crippen LogP contribution in [0.4, 0.5) is 11.8 Å². The molecule has 0 amide bonds. The van der Waals surface area contributed by atoms with E-state index in [2.05, 4.69) is 20.4 Å². The predicted octanol–water partition coefficient (Wildman–Crippen LogP) is 3.03. The number of fused-ring (bicyclic) bond motifs is 3. The molecule has 1 N–H and O–H groups in total. The Bertz CT molecular complexity index is 1500. The van der Waals surface area contributed by atoms with E-state index in [0.29, 0.717) is 30.6 Å². The summed E-state index contributed by atoms with van der Waals surface area (Å²) in [7, 11) is 1.90. The molecule has 6 aromatic rings. The first-order valence-electron chi connectivity index (χ1n) is 11.2. The molecule has 0 fully saturated rings. The molecule has 7 rings (SSSR count). The van der Waals surface area contributed by atoms with Crippen molar-refractivity contribution in [3.8, 4) is 0 Å². The number of carbonyl (C=O) groups is 1. The largest absolute Gasteiger partial charge is 0.461 e. The zero-order chi connectivity index (χ0) is 23.2. The summed E-state index contributed by atoms with van der Waals surface area (Å²) in [4.78, 5) is 23.7. The van der Waals surface area contributed by atoms with Crippen molar-refractivity contribution in [2.75, 3.05) is 23.5 Å². The van der Waals surface area contributed by atoms with Gasteiger partial charge in [-0.15, -0.1) is 0 Å². The standard InChI is InChI=1S/C24H24N8O2/c1-3-34-23(33)20-12-16-9-11-30(15-21(16)29(20)2)24-25-10-8-22(27-24)28-32-18-6-4-17(5-7-18)31-14-19(32)13-26-31/h4-8,10,12-14H,3,9,11,15H2,1-2H3,(H,25,27,28). The fourth-order valence-corrected chi connectivity index (χ4v) is 4.50. The van der Waals surface area contributed by atoms with Crippen LogP contribution in [0.3, 0.4) is 0 Å². The Morgan fingerprint density at radius 1 is 1.15 bits per heavy atom. The minimum Gasteiger partial charge on any atom is -0.461 e. The van der Waals surface area contributed by atoms with Crippen LogP contribution in [-0.2, 0) is 24.8 Å². The zero-order valence-corrected chi connectivity index (χ0v) is 19.0. The molecule has 0 saturated heterocycles. The van der Waals surface area contributed by atoms with Gasteiger partial charge < -0.3 is 14.2 Å². The van der Waals surface area contributed by atoms with E-state index in [-0.39, 0.29) is 5.97 Å². The molecule has 0 aliphatic carbocycles. The average Bonchev–Trinajstić information content (AvgIpc) is 3.49. The maximum Gasteiger partial charge on any atom is 0.354 e. The van der Waals surface area contributed by atoms with E-state index < -0.39 is 0 Å². The maximum absolute atomic E-state index is 12.3. The lowest BCUT2D eigenvalue weighted by Crippen LogP contribution is -2.32. The Morgan fingerprint density at radius 3 is 2.79 bits per heavy atom. The summed E-state index contributed by atoms with van der Waals surface area (Å²) in [5.74, 6) is 1.01. The van der Waals surface area contributed by atoms with E-state index in [1.54, 1.807) is 6.20 Å². The number of aromatic nitrogens is 6. The molecule has 1 aliphatic rings. The molecule has 4 bridgehead atoms. The predicted molar refractivity (Wildman–Crippen MR) is 128 cm³/mol. The molecule has 10 nitrogen and oxygen atoms in total. The minimum atomic E-state index is -0.294. The number of nitrogens with one attached hydrogen (secondary N) is 1. The summed E-state index contributed by atoms with van der Waals surface area (Å²) in [6, 6.07) is 11.9. The summed E-state index contributed by atoms with van der Waals surface area (Å²) in [6.07, 6.45) is 6.35. The van der Waals surface area contributed by atoms with Crippen LogP contribution in [0.2, 0.25) is 0 Å². The number of anilines is 2. The highest BCUT2D eigenvalue weighted by Crippen LogP contribution is 2.26. The van der Waals surface area contributed by atoms with Crippen molar-refractivity contribution in [2.24, 2.45) is 7.05 Å². The Morgan fingerprint density at radius 2 is 1.97 bits per heavy atom. The van der Waals surface area contributed by atoms with Crippen molar-refractivity contribution in [1.29, 1.82) is 0 Å². The highest BCUT2D eigenvalue weighted by Gasteiger charge is 2.25. The number of carbonyl (C=O) groups excluding carboxylic acids is 1. The molecule has 0 radical (unpaired) electrons. The lowest BCUT2D eigenvalue weighted by molar-refractivity contribution is 0.0515. The molecule has 0 unspecified atom stereocenters. The molecule has 10 heteroatoms. The second kappa shape index (κ2) is 7.91. The monoisotopic (exact) mass is 456 g/mol. The Labute approximate surface area is 195 Å². The van der Waals surface area contributed by atoms with Gasteiger partial charge in [-0.3, -0.25) is 10.1 Å². The van der Waals surface area contributed by atoms with Gasteiger partial charge in [0.05, 0.1) is 36.6 Å². The highest BCUT2D eigenvalue weighted by molar-refractivity contribution is 5.88. The van der Waals surface area contributed by atoms with Crippen molar-refractivity contribution in [3.05, 3.63) is 71.9 Å². The molecule has 1 aromatic carbocycles. The highest BCUT2D eigenvalue weighted by atomic mass is 16.5. The van der Waals surface area contributed by atoms with E-state index in [0.717, 1.165) is 40.8 Å². The smallest absolute Gasteiger partial charge is 0.354 e. The van der Waals surface area contributed by atoms with Crippen LogP contribution in [0.5, 0.6) is 0 Å². The Balaban J connectivity index is 1.29. The van der Waals surface area contributed by atoms with Gasteiger partial charge in [-0.05, 0) is 49.2 Å². The third kappa shape index (κ3) is 3.35. The number of ether oxygens (including phenoxy) is 1. The molecular weight excluding hydrogens is 432 g/mol. The number of benzene rings is 1. The molecule has 34 heavy (non-hydrogen) atoms. The molecule has 5 aromatic heterocycles. The second-order valence-corrected chi connectivity index (χ2v) is 8.30. The summed E-state index contributed by atoms with van der Waals surface area (Å²) in [5.41, 5.74) is 9.14. The topological polar surface area (TPSA) is 94.5 Å². The van der Waals surface area contributed by atoms with Crippen LogP contribution in [0, 0.1) is 0 Å². The van der Waals surface area contributed by atoms with Crippen LogP contribution in [0.1, 0.15) is 28.7 Å². The van der Waals surface area contributed by atoms with Gasteiger partial charge in [-0.1, -0.05) is 0 Å². The van der Waals surface area contributed by atoms with Gasteiger partial charge in [-0.25, -0.2) is 14.3 Å². The third-order valence-corrected chi connectivity index (χ3v) is 6.28. The first kappa shape index (κ1) is 20.3. The van der Waals surface area contributed by atoms with Gasteiger partial charge in [0.2, 0.25) is 5.95 Å². The zero-order valence-electron chi connectivity index (χ0n) is 19.0. The molecular formula is C24H24N8O2. The number of hydrogen-bond donors (Lipinski definition) is 1. The Hall–Kier alpha value is -4.34. The van der Waals surface area contributed by atoms with Gasteiger partial charge in [0.15, 0.2) is 5.82 Å². The van der Waals surface area contributed by atoms with Crippen LogP contribution in [-0.4, -0.2) is 47.9 Å². The third-order valence-electron chi connectivity index (χ3n) is 6.28. The molecule has 172 valence electrons. The van der Waals surface area contributed by atoms with Crippen LogP contribution < -0.4 is 10.3 Å². The van der Waals surface area contributed by atoms with E-state index in [1.165, 1.54) is 0 Å². The lowest BCUT2D eigenvalue weighted by atomic mass is 10.1. The second-order valence-electron chi connectivity index (χ2n) is 8.30. The molecule has 0 saturated carbocycles. The molecule has 0 spiro atoms. The van der Waals surface area contributed by atoms with Gasteiger partial charge in [-0.2, -0.15) is 10.1 Å². The van der Waals surface area contributed by atoms with Crippen LogP contribution in [0.15, 0.2) is 55.0 Å². The van der Waals surface area contributed by atoms with E-state index in [9.17, 15) is 4.79 Å². The van der Waals surface area contributed by atoms with Gasteiger partial charge in [0.25, 0.3) is 0 Å². The van der Waals surface area contributed by atoms with Crippen molar-refractivity contribution < 1.29 is 9.53 Å². The quantitative estimate of drug-likeness (QED) is 0.406. The summed E-state index contributed by atoms with van der Waals surface area (Å²) in [6.45, 7) is 3.55.